The number of anilines is 1. The maximum absolute atomic E-state index is 12.5. The van der Waals surface area contributed by atoms with Crippen LogP contribution in [0.3, 0.4) is 0 Å². The predicted octanol–water partition coefficient (Wildman–Crippen LogP) is 2.73. The lowest BCUT2D eigenvalue weighted by Crippen LogP contribution is -2.33. The number of ketones is 1. The van der Waals surface area contributed by atoms with Gasteiger partial charge in [-0.3, -0.25) is 9.59 Å². The molecule has 0 aliphatic heterocycles. The van der Waals surface area contributed by atoms with Crippen molar-refractivity contribution in [3.05, 3.63) is 58.7 Å². The van der Waals surface area contributed by atoms with Crippen LogP contribution in [0, 0.1) is 20.8 Å². The Bertz CT molecular complexity index is 925. The van der Waals surface area contributed by atoms with Crippen molar-refractivity contribution < 1.29 is 18.0 Å². The molecule has 0 heterocycles. The van der Waals surface area contributed by atoms with Gasteiger partial charge in [0, 0.05) is 11.3 Å². The Morgan fingerprint density at radius 2 is 1.50 bits per heavy atom. The third kappa shape index (κ3) is 4.77. The van der Waals surface area contributed by atoms with Gasteiger partial charge in [-0.25, -0.2) is 13.1 Å². The van der Waals surface area contributed by atoms with Gasteiger partial charge in [-0.2, -0.15) is 0 Å². The molecule has 26 heavy (non-hydrogen) atoms. The van der Waals surface area contributed by atoms with E-state index in [0.29, 0.717) is 22.4 Å². The molecular weight excluding hydrogens is 352 g/mol. The first-order valence-electron chi connectivity index (χ1n) is 8.08. The zero-order valence-electron chi connectivity index (χ0n) is 15.2. The number of benzene rings is 2. The third-order valence-electron chi connectivity index (χ3n) is 3.87. The van der Waals surface area contributed by atoms with Crippen molar-refractivity contribution in [3.63, 3.8) is 0 Å². The Morgan fingerprint density at radius 3 is 2.00 bits per heavy atom. The number of Topliss-reactive ketones (excluding diaryl/α,β-unsaturated/α-hetero) is 1. The molecule has 1 amide bonds. The van der Waals surface area contributed by atoms with Gasteiger partial charge >= 0.3 is 0 Å². The smallest absolute Gasteiger partial charge is 0.241 e. The number of sulfonamides is 1. The second-order valence-electron chi connectivity index (χ2n) is 6.23. The summed E-state index contributed by atoms with van der Waals surface area (Å²) in [7, 11) is -3.80. The van der Waals surface area contributed by atoms with Crippen molar-refractivity contribution in [2.45, 2.75) is 32.6 Å². The molecule has 0 aromatic heterocycles. The highest BCUT2D eigenvalue weighted by Gasteiger charge is 2.20. The lowest BCUT2D eigenvalue weighted by molar-refractivity contribution is -0.115. The molecule has 0 spiro atoms. The molecule has 7 heteroatoms. The summed E-state index contributed by atoms with van der Waals surface area (Å²) in [6, 6.07) is 9.97. The predicted molar refractivity (Wildman–Crippen MR) is 101 cm³/mol. The van der Waals surface area contributed by atoms with E-state index in [1.165, 1.54) is 6.92 Å². The molecule has 2 aromatic rings. The Labute approximate surface area is 153 Å². The number of amides is 1. The molecule has 0 bridgehead atoms. The number of aryl methyl sites for hydroxylation is 3. The standard InChI is InChI=1S/C19H22N2O4S/c1-12-9-13(2)19(14(3)10-12)26(24,25)20-11-18(23)21-17-7-5-16(6-8-17)15(4)22/h5-10,20H,11H2,1-4H3,(H,21,23). The molecule has 0 saturated heterocycles. The van der Waals surface area contributed by atoms with Crippen LogP contribution in [0.5, 0.6) is 0 Å². The summed E-state index contributed by atoms with van der Waals surface area (Å²) < 4.78 is 27.4. The van der Waals surface area contributed by atoms with Gasteiger partial charge in [0.2, 0.25) is 15.9 Å². The fourth-order valence-corrected chi connectivity index (χ4v) is 4.25. The Balaban J connectivity index is 2.05. The van der Waals surface area contributed by atoms with E-state index in [-0.39, 0.29) is 17.2 Å². The molecule has 6 nitrogen and oxygen atoms in total. The van der Waals surface area contributed by atoms with Gasteiger partial charge < -0.3 is 5.32 Å². The van der Waals surface area contributed by atoms with Crippen molar-refractivity contribution >= 4 is 27.4 Å². The summed E-state index contributed by atoms with van der Waals surface area (Å²) in [6.07, 6.45) is 0. The van der Waals surface area contributed by atoms with Crippen molar-refractivity contribution in [3.8, 4) is 0 Å². The maximum Gasteiger partial charge on any atom is 0.241 e. The first-order chi connectivity index (χ1) is 12.1. The summed E-state index contributed by atoms with van der Waals surface area (Å²) in [6.45, 7) is 6.42. The van der Waals surface area contributed by atoms with Gasteiger partial charge in [0.05, 0.1) is 11.4 Å². The van der Waals surface area contributed by atoms with E-state index >= 15 is 0 Å². The van der Waals surface area contributed by atoms with Crippen molar-refractivity contribution in [1.29, 1.82) is 0 Å². The molecule has 0 radical (unpaired) electrons. The largest absolute Gasteiger partial charge is 0.325 e. The quantitative estimate of drug-likeness (QED) is 0.761. The zero-order valence-corrected chi connectivity index (χ0v) is 16.0. The summed E-state index contributed by atoms with van der Waals surface area (Å²) >= 11 is 0. The molecule has 0 aliphatic carbocycles. The molecular formula is C19H22N2O4S. The van der Waals surface area contributed by atoms with Crippen LogP contribution in [0.25, 0.3) is 0 Å². The first-order valence-corrected chi connectivity index (χ1v) is 9.57. The van der Waals surface area contributed by atoms with Gasteiger partial charge in [0.15, 0.2) is 5.78 Å². The van der Waals surface area contributed by atoms with Crippen LogP contribution in [-0.2, 0) is 14.8 Å². The second-order valence-corrected chi connectivity index (χ2v) is 7.94. The summed E-state index contributed by atoms with van der Waals surface area (Å²) in [5.41, 5.74) is 3.27. The minimum absolute atomic E-state index is 0.0699. The molecule has 0 saturated carbocycles. The molecule has 2 rings (SSSR count). The van der Waals surface area contributed by atoms with Gasteiger partial charge in [0.1, 0.15) is 0 Å². The molecule has 2 N–H and O–H groups in total. The van der Waals surface area contributed by atoms with E-state index in [1.807, 2.05) is 6.92 Å². The SMILES string of the molecule is CC(=O)c1ccc(NC(=O)CNS(=O)(=O)c2c(C)cc(C)cc2C)cc1. The second kappa shape index (κ2) is 7.80. The highest BCUT2D eigenvalue weighted by atomic mass is 32.2. The van der Waals surface area contributed by atoms with E-state index in [4.69, 9.17) is 0 Å². The van der Waals surface area contributed by atoms with Crippen molar-refractivity contribution in [1.82, 2.24) is 4.72 Å². The number of hydrogen-bond donors (Lipinski definition) is 2. The lowest BCUT2D eigenvalue weighted by atomic mass is 10.1. The fourth-order valence-electron chi connectivity index (χ4n) is 2.82. The molecule has 2 aromatic carbocycles. The average Bonchev–Trinajstić information content (AvgIpc) is 2.52. The first kappa shape index (κ1) is 19.8. The molecule has 0 unspecified atom stereocenters. The van der Waals surface area contributed by atoms with Crippen LogP contribution in [0.2, 0.25) is 0 Å². The van der Waals surface area contributed by atoms with E-state index < -0.39 is 15.9 Å². The van der Waals surface area contributed by atoms with Crippen molar-refractivity contribution in [2.75, 3.05) is 11.9 Å². The zero-order chi connectivity index (χ0) is 19.5. The van der Waals surface area contributed by atoms with Gasteiger partial charge in [-0.05, 0) is 63.1 Å². The number of carbonyl (C=O) groups is 2. The van der Waals surface area contributed by atoms with Crippen LogP contribution in [-0.4, -0.2) is 26.7 Å². The van der Waals surface area contributed by atoms with E-state index in [0.717, 1.165) is 5.56 Å². The van der Waals surface area contributed by atoms with E-state index in [1.54, 1.807) is 50.2 Å². The Morgan fingerprint density at radius 1 is 0.962 bits per heavy atom. The van der Waals surface area contributed by atoms with Crippen LogP contribution in [0.15, 0.2) is 41.3 Å². The summed E-state index contributed by atoms with van der Waals surface area (Å²) in [5.74, 6) is -0.564. The third-order valence-corrected chi connectivity index (χ3v) is 5.58. The lowest BCUT2D eigenvalue weighted by Gasteiger charge is -2.13. The Kier molecular flexibility index (Phi) is 5.94. The monoisotopic (exact) mass is 374 g/mol. The minimum atomic E-state index is -3.80. The summed E-state index contributed by atoms with van der Waals surface area (Å²) in [4.78, 5) is 23.5. The van der Waals surface area contributed by atoms with Crippen LogP contribution in [0.1, 0.15) is 34.0 Å². The highest BCUT2D eigenvalue weighted by Crippen LogP contribution is 2.21. The summed E-state index contributed by atoms with van der Waals surface area (Å²) in [5, 5.41) is 2.59. The number of carbonyl (C=O) groups excluding carboxylic acids is 2. The van der Waals surface area contributed by atoms with Gasteiger partial charge in [-0.1, -0.05) is 17.7 Å². The number of hydrogen-bond acceptors (Lipinski definition) is 4. The van der Waals surface area contributed by atoms with Crippen LogP contribution >= 0.6 is 0 Å². The minimum Gasteiger partial charge on any atom is -0.325 e. The molecule has 0 fully saturated rings. The van der Waals surface area contributed by atoms with E-state index in [9.17, 15) is 18.0 Å². The number of nitrogens with one attached hydrogen (secondary N) is 2. The number of rotatable bonds is 6. The highest BCUT2D eigenvalue weighted by molar-refractivity contribution is 7.89. The average molecular weight is 374 g/mol. The van der Waals surface area contributed by atoms with Gasteiger partial charge in [-0.15, -0.1) is 0 Å². The normalized spacial score (nSPS) is 11.2. The van der Waals surface area contributed by atoms with E-state index in [2.05, 4.69) is 10.0 Å². The Hall–Kier alpha value is -2.51. The molecule has 0 atom stereocenters. The van der Waals surface area contributed by atoms with Crippen LogP contribution < -0.4 is 10.0 Å². The van der Waals surface area contributed by atoms with Gasteiger partial charge in [0.25, 0.3) is 0 Å². The molecule has 138 valence electrons. The van der Waals surface area contributed by atoms with Crippen LogP contribution in [0.4, 0.5) is 5.69 Å². The topological polar surface area (TPSA) is 92.3 Å². The molecule has 0 aliphatic rings. The fraction of sp³-hybridized carbons (Fsp3) is 0.263. The maximum atomic E-state index is 12.5. The van der Waals surface area contributed by atoms with Crippen molar-refractivity contribution in [2.24, 2.45) is 0 Å².